The SMILES string of the molecule is CCOc1ccc(N2C(=O)CC(N(CCc3ccc(S(N)(=O)=O)cc3)C(=O)c3ccc(OC)cc3)C2=O)cc1. The largest absolute Gasteiger partial charge is 0.497 e. The number of benzene rings is 3. The van der Waals surface area contributed by atoms with Gasteiger partial charge in [0, 0.05) is 12.1 Å². The molecule has 0 bridgehead atoms. The third-order valence-corrected chi connectivity index (χ3v) is 7.33. The van der Waals surface area contributed by atoms with Gasteiger partial charge in [0.2, 0.25) is 15.9 Å². The number of amides is 3. The highest BCUT2D eigenvalue weighted by Gasteiger charge is 2.44. The summed E-state index contributed by atoms with van der Waals surface area (Å²) in [5.41, 5.74) is 1.46. The number of primary sulfonamides is 1. The van der Waals surface area contributed by atoms with Gasteiger partial charge in [-0.25, -0.2) is 18.5 Å². The van der Waals surface area contributed by atoms with Gasteiger partial charge in [-0.05, 0) is 79.6 Å². The van der Waals surface area contributed by atoms with Crippen molar-refractivity contribution < 1.29 is 32.3 Å². The van der Waals surface area contributed by atoms with Gasteiger partial charge in [0.15, 0.2) is 0 Å². The van der Waals surface area contributed by atoms with Crippen LogP contribution in [0.2, 0.25) is 0 Å². The highest BCUT2D eigenvalue weighted by molar-refractivity contribution is 7.89. The minimum absolute atomic E-state index is 0.0278. The lowest BCUT2D eigenvalue weighted by Crippen LogP contribution is -2.46. The summed E-state index contributed by atoms with van der Waals surface area (Å²) in [7, 11) is -2.33. The van der Waals surface area contributed by atoms with Crippen LogP contribution in [0.5, 0.6) is 11.5 Å². The molecule has 1 heterocycles. The molecule has 10 nitrogen and oxygen atoms in total. The standard InChI is InChI=1S/C28H29N3O7S/c1-3-38-23-12-8-21(9-13-23)31-26(32)18-25(28(31)34)30(27(33)20-6-10-22(37-2)11-7-20)17-16-19-4-14-24(15-5-19)39(29,35)36/h4-15,25H,3,16-18H2,1-2H3,(H2,29,35,36). The van der Waals surface area contributed by atoms with E-state index in [2.05, 4.69) is 0 Å². The molecule has 1 atom stereocenters. The van der Waals surface area contributed by atoms with Crippen molar-refractivity contribution in [3.8, 4) is 11.5 Å². The molecule has 0 aliphatic carbocycles. The molecule has 3 aromatic carbocycles. The second-order valence-electron chi connectivity index (χ2n) is 8.88. The smallest absolute Gasteiger partial charge is 0.257 e. The van der Waals surface area contributed by atoms with Crippen molar-refractivity contribution in [2.24, 2.45) is 5.14 Å². The number of imide groups is 1. The number of nitrogens with zero attached hydrogens (tertiary/aromatic N) is 2. The predicted molar refractivity (Wildman–Crippen MR) is 144 cm³/mol. The summed E-state index contributed by atoms with van der Waals surface area (Å²) in [6.07, 6.45) is 0.145. The topological polar surface area (TPSA) is 136 Å². The monoisotopic (exact) mass is 551 g/mol. The molecule has 1 fully saturated rings. The van der Waals surface area contributed by atoms with E-state index in [9.17, 15) is 22.8 Å². The van der Waals surface area contributed by atoms with Crippen LogP contribution in [0.15, 0.2) is 77.7 Å². The van der Waals surface area contributed by atoms with Gasteiger partial charge < -0.3 is 14.4 Å². The third kappa shape index (κ3) is 6.27. The first-order valence-corrected chi connectivity index (χ1v) is 13.8. The summed E-state index contributed by atoms with van der Waals surface area (Å²) in [5, 5.41) is 5.18. The Labute approximate surface area is 227 Å². The minimum atomic E-state index is -3.84. The number of rotatable bonds is 10. The van der Waals surface area contributed by atoms with Crippen molar-refractivity contribution in [3.63, 3.8) is 0 Å². The summed E-state index contributed by atoms with van der Waals surface area (Å²) >= 11 is 0. The average molecular weight is 552 g/mol. The van der Waals surface area contributed by atoms with Crippen molar-refractivity contribution in [1.29, 1.82) is 0 Å². The molecular formula is C28H29N3O7S. The molecule has 3 aromatic rings. The molecule has 3 amide bonds. The van der Waals surface area contributed by atoms with E-state index in [1.54, 1.807) is 60.7 Å². The van der Waals surface area contributed by atoms with Gasteiger partial charge in [-0.3, -0.25) is 14.4 Å². The minimum Gasteiger partial charge on any atom is -0.497 e. The number of hydrogen-bond donors (Lipinski definition) is 1. The lowest BCUT2D eigenvalue weighted by molar-refractivity contribution is -0.122. The molecule has 1 saturated heterocycles. The maximum absolute atomic E-state index is 13.6. The van der Waals surface area contributed by atoms with Gasteiger partial charge in [0.05, 0.1) is 30.7 Å². The molecule has 0 saturated carbocycles. The van der Waals surface area contributed by atoms with Gasteiger partial charge >= 0.3 is 0 Å². The van der Waals surface area contributed by atoms with E-state index in [1.807, 2.05) is 6.92 Å². The lowest BCUT2D eigenvalue weighted by Gasteiger charge is -2.28. The highest BCUT2D eigenvalue weighted by Crippen LogP contribution is 2.29. The molecule has 0 aromatic heterocycles. The van der Waals surface area contributed by atoms with E-state index in [4.69, 9.17) is 14.6 Å². The Morgan fingerprint density at radius 2 is 1.59 bits per heavy atom. The Hall–Kier alpha value is -4.22. The zero-order valence-electron chi connectivity index (χ0n) is 21.6. The van der Waals surface area contributed by atoms with Crippen LogP contribution in [0.4, 0.5) is 5.69 Å². The number of nitrogens with two attached hydrogens (primary N) is 1. The van der Waals surface area contributed by atoms with Gasteiger partial charge in [-0.1, -0.05) is 12.1 Å². The molecule has 2 N–H and O–H groups in total. The molecule has 1 unspecified atom stereocenters. The summed E-state index contributed by atoms with van der Waals surface area (Å²) in [6.45, 7) is 2.45. The Kier molecular flexibility index (Phi) is 8.32. The van der Waals surface area contributed by atoms with Crippen LogP contribution in [0.1, 0.15) is 29.3 Å². The number of carbonyl (C=O) groups is 3. The van der Waals surface area contributed by atoms with Crippen LogP contribution >= 0.6 is 0 Å². The zero-order chi connectivity index (χ0) is 28.2. The normalized spacial score (nSPS) is 15.4. The summed E-state index contributed by atoms with van der Waals surface area (Å²) in [4.78, 5) is 42.7. The lowest BCUT2D eigenvalue weighted by atomic mass is 10.1. The molecular weight excluding hydrogens is 522 g/mol. The van der Waals surface area contributed by atoms with Crippen molar-refractivity contribution >= 4 is 33.4 Å². The maximum atomic E-state index is 13.6. The fourth-order valence-corrected chi connectivity index (χ4v) is 4.90. The number of hydrogen-bond acceptors (Lipinski definition) is 7. The van der Waals surface area contributed by atoms with E-state index in [0.717, 1.165) is 10.5 Å². The quantitative estimate of drug-likeness (QED) is 0.383. The fraction of sp³-hybridized carbons (Fsp3) is 0.250. The van der Waals surface area contributed by atoms with Gasteiger partial charge in [-0.15, -0.1) is 0 Å². The Balaban J connectivity index is 1.60. The van der Waals surface area contributed by atoms with Crippen LogP contribution in [0, 0.1) is 0 Å². The second-order valence-corrected chi connectivity index (χ2v) is 10.4. The first-order chi connectivity index (χ1) is 18.6. The van der Waals surface area contributed by atoms with Gasteiger partial charge in [0.1, 0.15) is 17.5 Å². The Morgan fingerprint density at radius 1 is 0.974 bits per heavy atom. The first-order valence-electron chi connectivity index (χ1n) is 12.3. The maximum Gasteiger partial charge on any atom is 0.257 e. The molecule has 0 spiro atoms. The van der Waals surface area contributed by atoms with E-state index in [0.29, 0.717) is 35.8 Å². The third-order valence-electron chi connectivity index (χ3n) is 6.40. The number of sulfonamides is 1. The predicted octanol–water partition coefficient (Wildman–Crippen LogP) is 2.76. The summed E-state index contributed by atoms with van der Waals surface area (Å²) in [6, 6.07) is 18.1. The van der Waals surface area contributed by atoms with Crippen molar-refractivity contribution in [1.82, 2.24) is 4.90 Å². The number of carbonyl (C=O) groups excluding carboxylic acids is 3. The number of ether oxygens (including phenoxy) is 2. The average Bonchev–Trinajstić information content (AvgIpc) is 3.22. The molecule has 1 aliphatic heterocycles. The van der Waals surface area contributed by atoms with E-state index < -0.39 is 33.8 Å². The van der Waals surface area contributed by atoms with Crippen LogP contribution in [0.3, 0.4) is 0 Å². The number of anilines is 1. The van der Waals surface area contributed by atoms with Gasteiger partial charge in [0.25, 0.3) is 11.8 Å². The van der Waals surface area contributed by atoms with E-state index in [1.165, 1.54) is 24.1 Å². The van der Waals surface area contributed by atoms with E-state index >= 15 is 0 Å². The Morgan fingerprint density at radius 3 is 2.15 bits per heavy atom. The Bertz CT molecular complexity index is 1450. The molecule has 204 valence electrons. The van der Waals surface area contributed by atoms with Gasteiger partial charge in [-0.2, -0.15) is 0 Å². The molecule has 39 heavy (non-hydrogen) atoms. The second kappa shape index (κ2) is 11.7. The summed E-state index contributed by atoms with van der Waals surface area (Å²) in [5.74, 6) is -0.156. The molecule has 0 radical (unpaired) electrons. The fourth-order valence-electron chi connectivity index (χ4n) is 4.38. The molecule has 4 rings (SSSR count). The molecule has 11 heteroatoms. The van der Waals surface area contributed by atoms with Crippen molar-refractivity contribution in [2.75, 3.05) is 25.2 Å². The van der Waals surface area contributed by atoms with Crippen LogP contribution < -0.4 is 19.5 Å². The molecule has 1 aliphatic rings. The summed E-state index contributed by atoms with van der Waals surface area (Å²) < 4.78 is 33.8. The van der Waals surface area contributed by atoms with Crippen LogP contribution in [0.25, 0.3) is 0 Å². The van der Waals surface area contributed by atoms with Crippen LogP contribution in [-0.2, 0) is 26.0 Å². The number of methoxy groups -OCH3 is 1. The van der Waals surface area contributed by atoms with Crippen molar-refractivity contribution in [3.05, 3.63) is 83.9 Å². The first kappa shape index (κ1) is 27.8. The highest BCUT2D eigenvalue weighted by atomic mass is 32.2. The van der Waals surface area contributed by atoms with Crippen LogP contribution in [-0.4, -0.2) is 57.3 Å². The zero-order valence-corrected chi connectivity index (χ0v) is 22.4. The van der Waals surface area contributed by atoms with Crippen molar-refractivity contribution in [2.45, 2.75) is 30.7 Å². The van der Waals surface area contributed by atoms with E-state index in [-0.39, 0.29) is 17.9 Å².